The van der Waals surface area contributed by atoms with E-state index in [1.807, 2.05) is 36.4 Å². The van der Waals surface area contributed by atoms with E-state index in [-0.39, 0.29) is 6.35 Å². The lowest BCUT2D eigenvalue weighted by Crippen LogP contribution is -2.09. The largest absolute Gasteiger partial charge is 0.483 e. The minimum Gasteiger partial charge on any atom is -0.483 e. The fourth-order valence-electron chi connectivity index (χ4n) is 1.81. The van der Waals surface area contributed by atoms with Crippen LogP contribution in [0.5, 0.6) is 5.75 Å². The minimum absolute atomic E-state index is 0.183. The van der Waals surface area contributed by atoms with Crippen LogP contribution in [-0.2, 0) is 4.57 Å². The molecule has 1 aromatic heterocycles. The molecule has 1 aliphatic heterocycles. The van der Waals surface area contributed by atoms with Crippen LogP contribution >= 0.6 is 7.29 Å². The summed E-state index contributed by atoms with van der Waals surface area (Å²) in [4.78, 5) is 4.12. The van der Waals surface area contributed by atoms with Crippen LogP contribution in [0.3, 0.4) is 0 Å². The second-order valence-corrected chi connectivity index (χ2v) is 6.25. The van der Waals surface area contributed by atoms with E-state index in [0.717, 1.165) is 5.30 Å². The van der Waals surface area contributed by atoms with Crippen molar-refractivity contribution in [3.63, 3.8) is 0 Å². The molecule has 3 rings (SSSR count). The number of ether oxygens (including phenoxy) is 1. The second kappa shape index (κ2) is 3.90. The number of aromatic nitrogens is 1. The van der Waals surface area contributed by atoms with Crippen molar-refractivity contribution in [1.82, 2.24) is 4.98 Å². The summed E-state index contributed by atoms with van der Waals surface area (Å²) in [6, 6.07) is 12.9. The van der Waals surface area contributed by atoms with Crippen molar-refractivity contribution < 1.29 is 9.30 Å². The predicted octanol–water partition coefficient (Wildman–Crippen LogP) is 2.45. The molecule has 4 nitrogen and oxygen atoms in total. The van der Waals surface area contributed by atoms with Gasteiger partial charge >= 0.3 is 0 Å². The van der Waals surface area contributed by atoms with Crippen molar-refractivity contribution in [2.75, 3.05) is 11.4 Å². The first kappa shape index (κ1) is 10.4. The number of fused-ring (bicyclic) bond motifs is 1. The predicted molar refractivity (Wildman–Crippen MR) is 67.0 cm³/mol. The monoisotopic (exact) mass is 246 g/mol. The lowest BCUT2D eigenvalue weighted by Gasteiger charge is -2.12. The van der Waals surface area contributed by atoms with E-state index in [1.165, 1.54) is 0 Å². The van der Waals surface area contributed by atoms with Crippen LogP contribution in [0, 0.1) is 0 Å². The molecule has 0 bridgehead atoms. The Balaban J connectivity index is 1.97. The van der Waals surface area contributed by atoms with Gasteiger partial charge in [-0.05, 0) is 24.3 Å². The van der Waals surface area contributed by atoms with Gasteiger partial charge in [-0.1, -0.05) is 18.2 Å². The molecule has 0 fully saturated rings. The van der Waals surface area contributed by atoms with Gasteiger partial charge in [-0.25, -0.2) is 4.98 Å². The fourth-order valence-corrected chi connectivity index (χ4v) is 3.78. The Morgan fingerprint density at radius 1 is 1.18 bits per heavy atom. The van der Waals surface area contributed by atoms with Crippen molar-refractivity contribution in [3.05, 3.63) is 48.7 Å². The lowest BCUT2D eigenvalue weighted by molar-refractivity contribution is 0.394. The van der Waals surface area contributed by atoms with Crippen LogP contribution in [0.15, 0.2) is 48.7 Å². The van der Waals surface area contributed by atoms with Gasteiger partial charge < -0.3 is 9.82 Å². The summed E-state index contributed by atoms with van der Waals surface area (Å²) >= 11 is 0. The van der Waals surface area contributed by atoms with E-state index >= 15 is 0 Å². The molecule has 2 heterocycles. The highest BCUT2D eigenvalue weighted by Crippen LogP contribution is 2.50. The van der Waals surface area contributed by atoms with E-state index in [9.17, 15) is 4.57 Å². The summed E-state index contributed by atoms with van der Waals surface area (Å²) in [6.07, 6.45) is 1.85. The van der Waals surface area contributed by atoms with E-state index in [0.29, 0.717) is 11.6 Å². The molecule has 1 aliphatic rings. The topological polar surface area (TPSA) is 51.2 Å². The highest BCUT2D eigenvalue weighted by atomic mass is 31.2. The molecule has 0 aliphatic carbocycles. The lowest BCUT2D eigenvalue weighted by atomic mass is 10.3. The molecule has 86 valence electrons. The van der Waals surface area contributed by atoms with Crippen LogP contribution in [0.4, 0.5) is 5.82 Å². The first-order valence-electron chi connectivity index (χ1n) is 5.29. The van der Waals surface area contributed by atoms with Gasteiger partial charge in [0.1, 0.15) is 11.6 Å². The molecule has 5 heteroatoms. The smallest absolute Gasteiger partial charge is 0.239 e. The van der Waals surface area contributed by atoms with E-state index in [1.54, 1.807) is 12.3 Å². The van der Waals surface area contributed by atoms with Crippen molar-refractivity contribution in [2.24, 2.45) is 0 Å². The van der Waals surface area contributed by atoms with Crippen molar-refractivity contribution in [1.29, 1.82) is 0 Å². The zero-order chi connectivity index (χ0) is 11.7. The van der Waals surface area contributed by atoms with Gasteiger partial charge in [-0.15, -0.1) is 0 Å². The number of anilines is 1. The first-order valence-corrected chi connectivity index (χ1v) is 7.18. The molecule has 1 atom stereocenters. The van der Waals surface area contributed by atoms with Gasteiger partial charge in [0.2, 0.25) is 7.29 Å². The number of pyridine rings is 1. The Morgan fingerprint density at radius 2 is 2.00 bits per heavy atom. The van der Waals surface area contributed by atoms with E-state index < -0.39 is 7.29 Å². The molecular formula is C12H11N2O2P. The minimum atomic E-state index is -2.72. The third-order valence-electron chi connectivity index (χ3n) is 2.62. The summed E-state index contributed by atoms with van der Waals surface area (Å²) in [5, 5.41) is 3.73. The highest BCUT2D eigenvalue weighted by molar-refractivity contribution is 7.73. The SMILES string of the molecule is O=[P@@]1(Nc2ccccn2)COc2ccccc21. The van der Waals surface area contributed by atoms with Crippen molar-refractivity contribution >= 4 is 18.4 Å². The number of hydrogen-bond donors (Lipinski definition) is 1. The average Bonchev–Trinajstić information content (AvgIpc) is 2.69. The Hall–Kier alpha value is -1.80. The Bertz CT molecular complexity index is 586. The molecule has 1 N–H and O–H groups in total. The van der Waals surface area contributed by atoms with Crippen LogP contribution in [0.1, 0.15) is 0 Å². The normalized spacial score (nSPS) is 21.6. The highest BCUT2D eigenvalue weighted by Gasteiger charge is 2.35. The molecule has 0 saturated carbocycles. The van der Waals surface area contributed by atoms with Crippen molar-refractivity contribution in [3.8, 4) is 5.75 Å². The summed E-state index contributed by atoms with van der Waals surface area (Å²) in [5.41, 5.74) is 0. The van der Waals surface area contributed by atoms with Gasteiger partial charge in [-0.3, -0.25) is 4.57 Å². The number of hydrogen-bond acceptors (Lipinski definition) is 3. The first-order chi connectivity index (χ1) is 8.28. The summed E-state index contributed by atoms with van der Waals surface area (Å²) < 4.78 is 18.2. The van der Waals surface area contributed by atoms with Crippen LogP contribution in [-0.4, -0.2) is 11.3 Å². The van der Waals surface area contributed by atoms with Gasteiger partial charge in [0.15, 0.2) is 6.35 Å². The molecule has 2 aromatic rings. The molecule has 0 amide bonds. The Kier molecular flexibility index (Phi) is 2.37. The number of rotatable bonds is 2. The zero-order valence-electron chi connectivity index (χ0n) is 9.04. The molecule has 0 radical (unpaired) electrons. The second-order valence-electron chi connectivity index (χ2n) is 3.81. The Morgan fingerprint density at radius 3 is 2.82 bits per heavy atom. The summed E-state index contributed by atoms with van der Waals surface area (Å²) in [7, 11) is -2.72. The number of nitrogens with zero attached hydrogens (tertiary/aromatic N) is 1. The van der Waals surface area contributed by atoms with Gasteiger partial charge in [0.25, 0.3) is 0 Å². The molecule has 0 unspecified atom stereocenters. The summed E-state index contributed by atoms with van der Waals surface area (Å²) in [5.74, 6) is 1.30. The van der Waals surface area contributed by atoms with Crippen LogP contribution in [0.25, 0.3) is 0 Å². The van der Waals surface area contributed by atoms with Gasteiger partial charge in [0.05, 0.1) is 5.30 Å². The van der Waals surface area contributed by atoms with Crippen molar-refractivity contribution in [2.45, 2.75) is 0 Å². The third-order valence-corrected chi connectivity index (χ3v) is 4.85. The zero-order valence-corrected chi connectivity index (χ0v) is 9.93. The molecule has 0 saturated heterocycles. The van der Waals surface area contributed by atoms with E-state index in [4.69, 9.17) is 4.74 Å². The quantitative estimate of drug-likeness (QED) is 0.827. The maximum absolute atomic E-state index is 12.7. The Labute approximate surface area is 99.1 Å². The standard InChI is InChI=1S/C12H11N2O2P/c15-17(14-12-7-3-4-8-13-12)9-16-10-5-1-2-6-11(10)17/h1-8H,9H2,(H,13,14,15)/t17-/m0/s1. The number of para-hydroxylation sites is 1. The molecule has 1 aromatic carbocycles. The summed E-state index contributed by atoms with van der Waals surface area (Å²) in [6.45, 7) is 0. The van der Waals surface area contributed by atoms with Crippen LogP contribution < -0.4 is 15.1 Å². The molecular weight excluding hydrogens is 235 g/mol. The van der Waals surface area contributed by atoms with Gasteiger partial charge in [0, 0.05) is 6.20 Å². The average molecular weight is 246 g/mol. The third kappa shape index (κ3) is 1.81. The fraction of sp³-hybridized carbons (Fsp3) is 0.0833. The molecule has 17 heavy (non-hydrogen) atoms. The maximum atomic E-state index is 12.7. The number of benzene rings is 1. The molecule has 0 spiro atoms. The van der Waals surface area contributed by atoms with Crippen LogP contribution in [0.2, 0.25) is 0 Å². The van der Waals surface area contributed by atoms with Gasteiger partial charge in [-0.2, -0.15) is 0 Å². The van der Waals surface area contributed by atoms with E-state index in [2.05, 4.69) is 10.1 Å². The maximum Gasteiger partial charge on any atom is 0.239 e. The number of nitrogens with one attached hydrogen (secondary N) is 1.